The van der Waals surface area contributed by atoms with E-state index in [2.05, 4.69) is 15.5 Å². The Morgan fingerprint density at radius 1 is 1.04 bits per heavy atom. The second-order valence-corrected chi connectivity index (χ2v) is 12.7. The number of hydrogen-bond acceptors (Lipinski definition) is 8. The first-order valence-electron chi connectivity index (χ1n) is 15.4. The summed E-state index contributed by atoms with van der Waals surface area (Å²) >= 11 is 6.27. The monoisotopic (exact) mass is 635 g/mol. The molecule has 2 atom stereocenters. The Morgan fingerprint density at radius 3 is 2.67 bits per heavy atom. The lowest BCUT2D eigenvalue weighted by Crippen LogP contribution is -2.53. The number of rotatable bonds is 6. The molecule has 1 spiro atoms. The molecule has 7 rings (SSSR count). The molecule has 3 fully saturated rings. The number of benzene rings is 2. The molecule has 236 valence electrons. The minimum Gasteiger partial charge on any atom is -0.492 e. The zero-order valence-corrected chi connectivity index (χ0v) is 25.4. The normalized spacial score (nSPS) is 24.2. The van der Waals surface area contributed by atoms with Crippen molar-refractivity contribution in [3.63, 3.8) is 0 Å². The van der Waals surface area contributed by atoms with Gasteiger partial charge in [-0.25, -0.2) is 4.79 Å². The van der Waals surface area contributed by atoms with Gasteiger partial charge in [-0.3, -0.25) is 34.7 Å². The molecule has 5 aliphatic rings. The first kappa shape index (κ1) is 29.5. The fourth-order valence-corrected chi connectivity index (χ4v) is 7.55. The van der Waals surface area contributed by atoms with Crippen molar-refractivity contribution in [2.75, 3.05) is 38.1 Å². The van der Waals surface area contributed by atoms with Gasteiger partial charge in [0.25, 0.3) is 5.91 Å². The highest BCUT2D eigenvalue weighted by molar-refractivity contribution is 6.30. The molecule has 5 aliphatic heterocycles. The number of ether oxygens (including phenoxy) is 2. The molecule has 2 aromatic rings. The van der Waals surface area contributed by atoms with Crippen LogP contribution >= 0.6 is 11.6 Å². The molecule has 5 amide bonds. The fraction of sp³-hybridized carbons (Fsp3) is 0.469. The number of hydrogen-bond donors (Lipinski definition) is 2. The van der Waals surface area contributed by atoms with E-state index < -0.39 is 23.6 Å². The molecule has 0 saturated carbocycles. The van der Waals surface area contributed by atoms with Crippen LogP contribution in [0.5, 0.6) is 5.75 Å². The van der Waals surface area contributed by atoms with Gasteiger partial charge in [-0.05, 0) is 56.1 Å². The van der Waals surface area contributed by atoms with E-state index in [0.29, 0.717) is 67.5 Å². The van der Waals surface area contributed by atoms with Gasteiger partial charge in [0.2, 0.25) is 17.7 Å². The number of anilines is 1. The Morgan fingerprint density at radius 2 is 1.87 bits per heavy atom. The van der Waals surface area contributed by atoms with E-state index in [0.717, 1.165) is 30.5 Å². The number of nitrogens with one attached hydrogen (secondary N) is 2. The lowest BCUT2D eigenvalue weighted by Gasteiger charge is -2.45. The summed E-state index contributed by atoms with van der Waals surface area (Å²) in [6.07, 6.45) is 2.64. The van der Waals surface area contributed by atoms with Gasteiger partial charge in [-0.1, -0.05) is 17.7 Å². The number of carbonyl (C=O) groups excluding carboxylic acids is 5. The van der Waals surface area contributed by atoms with E-state index in [9.17, 15) is 24.0 Å². The lowest BCUT2D eigenvalue weighted by atomic mass is 9.82. The smallest absolute Gasteiger partial charge is 0.412 e. The minimum absolute atomic E-state index is 0.0695. The van der Waals surface area contributed by atoms with Crippen molar-refractivity contribution in [2.45, 2.75) is 62.8 Å². The summed E-state index contributed by atoms with van der Waals surface area (Å²) in [6.45, 7) is 2.81. The number of halogens is 1. The fourth-order valence-electron chi connectivity index (χ4n) is 7.38. The molecule has 0 bridgehead atoms. The summed E-state index contributed by atoms with van der Waals surface area (Å²) in [5.41, 5.74) is 1.95. The van der Waals surface area contributed by atoms with Gasteiger partial charge in [0, 0.05) is 60.6 Å². The average Bonchev–Trinajstić information content (AvgIpc) is 3.62. The Kier molecular flexibility index (Phi) is 7.65. The van der Waals surface area contributed by atoms with Gasteiger partial charge in [-0.15, -0.1) is 0 Å². The van der Waals surface area contributed by atoms with Crippen LogP contribution in [0.1, 0.15) is 60.0 Å². The van der Waals surface area contributed by atoms with Gasteiger partial charge in [-0.2, -0.15) is 0 Å². The number of amides is 5. The van der Waals surface area contributed by atoms with Crippen LogP contribution in [0, 0.1) is 0 Å². The quantitative estimate of drug-likeness (QED) is 0.462. The molecule has 5 heterocycles. The van der Waals surface area contributed by atoms with Crippen molar-refractivity contribution >= 4 is 47.0 Å². The molecule has 0 aromatic heterocycles. The van der Waals surface area contributed by atoms with Crippen LogP contribution in [0.15, 0.2) is 36.4 Å². The van der Waals surface area contributed by atoms with Crippen molar-refractivity contribution in [3.8, 4) is 5.75 Å². The third kappa shape index (κ3) is 5.39. The van der Waals surface area contributed by atoms with E-state index in [4.69, 9.17) is 21.1 Å². The van der Waals surface area contributed by atoms with Crippen LogP contribution < -0.4 is 15.4 Å². The zero-order chi connectivity index (χ0) is 31.3. The maximum atomic E-state index is 13.7. The molecule has 3 saturated heterocycles. The summed E-state index contributed by atoms with van der Waals surface area (Å²) in [4.78, 5) is 68.7. The van der Waals surface area contributed by atoms with E-state index in [1.54, 1.807) is 24.3 Å². The van der Waals surface area contributed by atoms with Crippen LogP contribution in [-0.2, 0) is 31.3 Å². The molecule has 2 unspecified atom stereocenters. The summed E-state index contributed by atoms with van der Waals surface area (Å²) in [6, 6.07) is 9.70. The molecule has 12 nitrogen and oxygen atoms in total. The third-order valence-electron chi connectivity index (χ3n) is 9.70. The Labute approximate surface area is 264 Å². The maximum absolute atomic E-state index is 13.7. The summed E-state index contributed by atoms with van der Waals surface area (Å²) < 4.78 is 12.0. The zero-order valence-electron chi connectivity index (χ0n) is 24.7. The number of piperidine rings is 2. The highest BCUT2D eigenvalue weighted by Crippen LogP contribution is 2.44. The SMILES string of the molecule is O=C1CCC(N2Cc3c(OCCN4CCCC4C(=O)N4CCC5(CC4)OC(=O)Nc4ccc(Cl)cc45)cccc3C2=O)C(=O)N1. The van der Waals surface area contributed by atoms with Crippen molar-refractivity contribution in [1.29, 1.82) is 0 Å². The molecular weight excluding hydrogens is 602 g/mol. The number of fused-ring (bicyclic) bond motifs is 3. The van der Waals surface area contributed by atoms with Crippen LogP contribution in [0.3, 0.4) is 0 Å². The molecule has 45 heavy (non-hydrogen) atoms. The van der Waals surface area contributed by atoms with Gasteiger partial charge >= 0.3 is 6.09 Å². The number of nitrogens with zero attached hydrogens (tertiary/aromatic N) is 3. The minimum atomic E-state index is -0.812. The molecular formula is C32H34ClN5O7. The van der Waals surface area contributed by atoms with Crippen LogP contribution in [0.25, 0.3) is 0 Å². The number of imide groups is 1. The molecule has 0 radical (unpaired) electrons. The molecule has 2 N–H and O–H groups in total. The van der Waals surface area contributed by atoms with E-state index in [1.807, 2.05) is 17.0 Å². The third-order valence-corrected chi connectivity index (χ3v) is 9.94. The van der Waals surface area contributed by atoms with Crippen molar-refractivity contribution < 1.29 is 33.4 Å². The van der Waals surface area contributed by atoms with Gasteiger partial charge in [0.05, 0.1) is 18.3 Å². The maximum Gasteiger partial charge on any atom is 0.412 e. The van der Waals surface area contributed by atoms with Gasteiger partial charge < -0.3 is 19.3 Å². The first-order chi connectivity index (χ1) is 21.7. The molecule has 13 heteroatoms. The van der Waals surface area contributed by atoms with Crippen LogP contribution in [0.4, 0.5) is 10.5 Å². The Bertz CT molecular complexity index is 1590. The van der Waals surface area contributed by atoms with Crippen LogP contribution in [0.2, 0.25) is 5.02 Å². The summed E-state index contributed by atoms with van der Waals surface area (Å²) in [5, 5.41) is 5.64. The topological polar surface area (TPSA) is 138 Å². The highest BCUT2D eigenvalue weighted by atomic mass is 35.5. The largest absolute Gasteiger partial charge is 0.492 e. The Balaban J connectivity index is 0.961. The number of likely N-dealkylation sites (tertiary alicyclic amines) is 2. The summed E-state index contributed by atoms with van der Waals surface area (Å²) in [5.74, 6) is -0.370. The standard InChI is InChI=1S/C32H34ClN5O7/c33-19-6-7-23-22(17-19)32(45-31(43)34-23)10-13-37(14-11-32)30(42)25-4-2-12-36(25)15-16-44-26-5-1-3-20-21(26)18-38(29(20)41)24-8-9-27(39)35-28(24)40/h1,3,5-7,17,24-25H,2,4,8-16,18H2,(H,34,43)(H,35,39,40). The van der Waals surface area contributed by atoms with Gasteiger partial charge in [0.1, 0.15) is 24.0 Å². The number of carbonyl (C=O) groups is 5. The predicted octanol–water partition coefficient (Wildman–Crippen LogP) is 3.02. The van der Waals surface area contributed by atoms with Crippen LogP contribution in [-0.4, -0.2) is 89.3 Å². The second-order valence-electron chi connectivity index (χ2n) is 12.2. The molecule has 0 aliphatic carbocycles. The first-order valence-corrected chi connectivity index (χ1v) is 15.8. The van der Waals surface area contributed by atoms with E-state index in [1.165, 1.54) is 4.90 Å². The Hall–Kier alpha value is -4.16. The lowest BCUT2D eigenvalue weighted by molar-refractivity contribution is -0.141. The van der Waals surface area contributed by atoms with E-state index in [-0.39, 0.29) is 36.7 Å². The second kappa shape index (κ2) is 11.6. The highest BCUT2D eigenvalue weighted by Gasteiger charge is 2.46. The van der Waals surface area contributed by atoms with Gasteiger partial charge in [0.15, 0.2) is 0 Å². The predicted molar refractivity (Wildman–Crippen MR) is 162 cm³/mol. The van der Waals surface area contributed by atoms with Crippen molar-refractivity contribution in [1.82, 2.24) is 20.0 Å². The van der Waals surface area contributed by atoms with Crippen molar-refractivity contribution in [3.05, 3.63) is 58.1 Å². The average molecular weight is 636 g/mol. The van der Waals surface area contributed by atoms with E-state index >= 15 is 0 Å². The van der Waals surface area contributed by atoms with Crippen molar-refractivity contribution in [2.24, 2.45) is 0 Å². The summed E-state index contributed by atoms with van der Waals surface area (Å²) in [7, 11) is 0. The molecule has 2 aromatic carbocycles.